The van der Waals surface area contributed by atoms with Gasteiger partial charge in [0.1, 0.15) is 16.9 Å². The first-order valence-electron chi connectivity index (χ1n) is 11.2. The average molecular weight is 395 g/mol. The predicted octanol–water partition coefficient (Wildman–Crippen LogP) is 5.47. The summed E-state index contributed by atoms with van der Waals surface area (Å²) in [4.78, 5) is 26.1. The van der Waals surface area contributed by atoms with E-state index in [1.807, 2.05) is 19.1 Å². The van der Waals surface area contributed by atoms with Crippen LogP contribution >= 0.6 is 0 Å². The minimum Gasteiger partial charge on any atom is -0.486 e. The van der Waals surface area contributed by atoms with E-state index in [4.69, 9.17) is 9.15 Å². The van der Waals surface area contributed by atoms with Crippen LogP contribution in [0.2, 0.25) is 0 Å². The number of nitrogens with one attached hydrogen (secondary N) is 1. The van der Waals surface area contributed by atoms with Gasteiger partial charge in [0.05, 0.1) is 12.0 Å². The maximum Gasteiger partial charge on any atom is 0.287 e. The highest BCUT2D eigenvalue weighted by Crippen LogP contribution is 2.44. The van der Waals surface area contributed by atoms with Crippen molar-refractivity contribution in [1.29, 1.82) is 0 Å². The Morgan fingerprint density at radius 2 is 1.79 bits per heavy atom. The first-order valence-corrected chi connectivity index (χ1v) is 11.2. The number of hydrogen-bond donors (Lipinski definition) is 1. The van der Waals surface area contributed by atoms with E-state index in [0.29, 0.717) is 29.1 Å². The molecule has 2 fully saturated rings. The molecule has 2 heterocycles. The number of benzene rings is 1. The van der Waals surface area contributed by atoms with Gasteiger partial charge in [0.25, 0.3) is 5.91 Å². The van der Waals surface area contributed by atoms with Crippen LogP contribution in [0.15, 0.2) is 16.5 Å². The van der Waals surface area contributed by atoms with Crippen molar-refractivity contribution in [2.45, 2.75) is 89.2 Å². The summed E-state index contributed by atoms with van der Waals surface area (Å²) < 4.78 is 12.4. The Balaban J connectivity index is 1.51. The number of ether oxygens (including phenoxy) is 1. The molecule has 5 nitrogen and oxygen atoms in total. The average Bonchev–Trinajstić information content (AvgIpc) is 3.26. The highest BCUT2D eigenvalue weighted by Gasteiger charge is 2.42. The Hall–Kier alpha value is -2.30. The highest BCUT2D eigenvalue weighted by atomic mass is 16.5. The van der Waals surface area contributed by atoms with E-state index in [2.05, 4.69) is 5.32 Å². The van der Waals surface area contributed by atoms with Crippen molar-refractivity contribution in [2.24, 2.45) is 0 Å². The molecule has 1 N–H and O–H groups in total. The normalized spacial score (nSPS) is 21.8. The summed E-state index contributed by atoms with van der Waals surface area (Å²) in [7, 11) is 0. The molecule has 0 atom stereocenters. The van der Waals surface area contributed by atoms with Crippen LogP contribution < -0.4 is 10.1 Å². The molecule has 1 spiro atoms. The number of ketones is 1. The second-order valence-corrected chi connectivity index (χ2v) is 9.12. The van der Waals surface area contributed by atoms with Gasteiger partial charge >= 0.3 is 0 Å². The summed E-state index contributed by atoms with van der Waals surface area (Å²) in [5.74, 6) is 0.916. The second-order valence-electron chi connectivity index (χ2n) is 9.12. The van der Waals surface area contributed by atoms with E-state index in [0.717, 1.165) is 62.3 Å². The Kier molecular flexibility index (Phi) is 4.64. The molecule has 1 aromatic carbocycles. The molecule has 0 bridgehead atoms. The lowest BCUT2D eigenvalue weighted by Crippen LogP contribution is -2.41. The van der Waals surface area contributed by atoms with Gasteiger partial charge in [0.15, 0.2) is 11.5 Å². The zero-order valence-electron chi connectivity index (χ0n) is 17.1. The molecular weight excluding hydrogens is 366 g/mol. The third-order valence-corrected chi connectivity index (χ3v) is 7.06. The van der Waals surface area contributed by atoms with Crippen molar-refractivity contribution in [1.82, 2.24) is 5.32 Å². The summed E-state index contributed by atoms with van der Waals surface area (Å²) in [5, 5.41) is 3.84. The number of hydrogen-bond acceptors (Lipinski definition) is 4. The van der Waals surface area contributed by atoms with Crippen LogP contribution in [0.3, 0.4) is 0 Å². The van der Waals surface area contributed by atoms with Gasteiger partial charge in [0.2, 0.25) is 0 Å². The smallest absolute Gasteiger partial charge is 0.287 e. The Labute approximate surface area is 171 Å². The molecule has 2 saturated carbocycles. The van der Waals surface area contributed by atoms with E-state index in [9.17, 15) is 9.59 Å². The zero-order valence-corrected chi connectivity index (χ0v) is 17.1. The number of fused-ring (bicyclic) bond motifs is 3. The molecule has 2 aliphatic carbocycles. The van der Waals surface area contributed by atoms with Crippen LogP contribution in [0.5, 0.6) is 5.75 Å². The molecule has 29 heavy (non-hydrogen) atoms. The molecule has 1 amide bonds. The van der Waals surface area contributed by atoms with Gasteiger partial charge in [0, 0.05) is 17.0 Å². The van der Waals surface area contributed by atoms with Crippen LogP contribution in [0, 0.1) is 6.92 Å². The van der Waals surface area contributed by atoms with Crippen molar-refractivity contribution in [2.75, 3.05) is 0 Å². The zero-order chi connectivity index (χ0) is 20.0. The van der Waals surface area contributed by atoms with E-state index < -0.39 is 0 Å². The van der Waals surface area contributed by atoms with Crippen LogP contribution in [0.25, 0.3) is 11.0 Å². The molecule has 0 saturated heterocycles. The third kappa shape index (κ3) is 3.24. The Morgan fingerprint density at radius 3 is 2.52 bits per heavy atom. The van der Waals surface area contributed by atoms with Crippen molar-refractivity contribution < 1.29 is 18.7 Å². The van der Waals surface area contributed by atoms with Gasteiger partial charge in [-0.05, 0) is 57.6 Å². The van der Waals surface area contributed by atoms with E-state index in [1.165, 1.54) is 12.8 Å². The lowest BCUT2D eigenvalue weighted by atomic mass is 9.83. The number of aryl methyl sites for hydroxylation is 1. The van der Waals surface area contributed by atoms with Gasteiger partial charge < -0.3 is 14.5 Å². The van der Waals surface area contributed by atoms with Crippen LogP contribution in [0.4, 0.5) is 0 Å². The lowest BCUT2D eigenvalue weighted by molar-refractivity contribution is 0.0301. The van der Waals surface area contributed by atoms with E-state index in [-0.39, 0.29) is 23.3 Å². The highest BCUT2D eigenvalue weighted by molar-refractivity contribution is 6.13. The molecule has 5 rings (SSSR count). The van der Waals surface area contributed by atoms with Gasteiger partial charge in [-0.3, -0.25) is 9.59 Å². The maximum absolute atomic E-state index is 13.3. The van der Waals surface area contributed by atoms with Gasteiger partial charge in [-0.15, -0.1) is 0 Å². The molecule has 0 radical (unpaired) electrons. The van der Waals surface area contributed by atoms with Crippen molar-refractivity contribution in [3.05, 3.63) is 29.0 Å². The minimum absolute atomic E-state index is 0.116. The monoisotopic (exact) mass is 395 g/mol. The minimum atomic E-state index is -0.353. The lowest BCUT2D eigenvalue weighted by Gasteiger charge is -2.37. The Morgan fingerprint density at radius 1 is 1.07 bits per heavy atom. The first-order chi connectivity index (χ1) is 14.1. The van der Waals surface area contributed by atoms with Crippen molar-refractivity contribution >= 4 is 22.7 Å². The fraction of sp³-hybridized carbons (Fsp3) is 0.583. The van der Waals surface area contributed by atoms with Crippen molar-refractivity contribution in [3.63, 3.8) is 0 Å². The first kappa shape index (κ1) is 18.7. The molecule has 0 unspecified atom stereocenters. The molecule has 2 aromatic rings. The SMILES string of the molecule is Cc1c(C(=O)NC2CCCC2)oc2ccc3c(c12)C(=O)CC1(CCCCCC1)O3. The molecule has 154 valence electrons. The summed E-state index contributed by atoms with van der Waals surface area (Å²) >= 11 is 0. The predicted molar refractivity (Wildman–Crippen MR) is 111 cm³/mol. The fourth-order valence-corrected chi connectivity index (χ4v) is 5.52. The van der Waals surface area contributed by atoms with E-state index in [1.54, 1.807) is 0 Å². The van der Waals surface area contributed by atoms with Gasteiger partial charge in [-0.25, -0.2) is 0 Å². The number of furan rings is 1. The summed E-state index contributed by atoms with van der Waals surface area (Å²) in [6.07, 6.45) is 11.3. The number of carbonyl (C=O) groups excluding carboxylic acids is 2. The molecule has 1 aliphatic heterocycles. The largest absolute Gasteiger partial charge is 0.486 e. The van der Waals surface area contributed by atoms with Crippen LogP contribution in [0.1, 0.15) is 97.1 Å². The van der Waals surface area contributed by atoms with E-state index >= 15 is 0 Å². The number of Topliss-reactive ketones (excluding diaryl/α,β-unsaturated/α-hetero) is 1. The van der Waals surface area contributed by atoms with Gasteiger partial charge in [-0.1, -0.05) is 25.7 Å². The number of amides is 1. The Bertz CT molecular complexity index is 959. The molecular formula is C24H29NO4. The van der Waals surface area contributed by atoms with Crippen LogP contribution in [-0.4, -0.2) is 23.3 Å². The molecule has 1 aromatic heterocycles. The number of carbonyl (C=O) groups is 2. The summed E-state index contributed by atoms with van der Waals surface area (Å²) in [6, 6.07) is 3.92. The van der Waals surface area contributed by atoms with Crippen molar-refractivity contribution in [3.8, 4) is 5.75 Å². The van der Waals surface area contributed by atoms with Gasteiger partial charge in [-0.2, -0.15) is 0 Å². The summed E-state index contributed by atoms with van der Waals surface area (Å²) in [6.45, 7) is 1.87. The second kappa shape index (κ2) is 7.19. The summed E-state index contributed by atoms with van der Waals surface area (Å²) in [5.41, 5.74) is 1.57. The third-order valence-electron chi connectivity index (χ3n) is 7.06. The topological polar surface area (TPSA) is 68.5 Å². The standard InChI is InChI=1S/C24H29NO4/c1-15-20-18(28-22(15)23(27)25-16-8-4-5-9-16)10-11-19-21(20)17(26)14-24(29-19)12-6-2-3-7-13-24/h10-11,16H,2-9,12-14H2,1H3,(H,25,27). The maximum atomic E-state index is 13.3. The molecule has 5 heteroatoms. The number of rotatable bonds is 2. The fourth-order valence-electron chi connectivity index (χ4n) is 5.52. The van der Waals surface area contributed by atoms with Crippen LogP contribution in [-0.2, 0) is 0 Å². The molecule has 3 aliphatic rings. The quantitative estimate of drug-likeness (QED) is 0.732.